The number of methoxy groups -OCH3 is 1. The Balaban J connectivity index is 2.19. The summed E-state index contributed by atoms with van der Waals surface area (Å²) in [6.07, 6.45) is 3.02. The van der Waals surface area contributed by atoms with Gasteiger partial charge in [0, 0.05) is 31.7 Å². The van der Waals surface area contributed by atoms with Crippen molar-refractivity contribution in [2.45, 2.75) is 12.5 Å². The fourth-order valence-electron chi connectivity index (χ4n) is 2.52. The minimum atomic E-state index is 0.398. The van der Waals surface area contributed by atoms with Crippen LogP contribution in [0.3, 0.4) is 0 Å². The van der Waals surface area contributed by atoms with Crippen LogP contribution in [-0.4, -0.2) is 38.2 Å². The highest BCUT2D eigenvalue weighted by Gasteiger charge is 2.25. The van der Waals surface area contributed by atoms with Gasteiger partial charge in [-0.3, -0.25) is 4.90 Å². The fourth-order valence-corrected chi connectivity index (χ4v) is 2.52. The number of rotatable bonds is 5. The third kappa shape index (κ3) is 2.92. The molecule has 1 atom stereocenters. The summed E-state index contributed by atoms with van der Waals surface area (Å²) in [5, 5.41) is 3.47. The monoisotopic (exact) mass is 246 g/mol. The molecule has 1 fully saturated rings. The average Bonchev–Trinajstić information content (AvgIpc) is 2.45. The van der Waals surface area contributed by atoms with Crippen LogP contribution >= 0.6 is 0 Å². The van der Waals surface area contributed by atoms with Gasteiger partial charge in [-0.25, -0.2) is 0 Å². The van der Waals surface area contributed by atoms with Gasteiger partial charge in [0.05, 0.1) is 13.2 Å². The summed E-state index contributed by atoms with van der Waals surface area (Å²) in [6, 6.07) is 8.70. The Labute approximate surface area is 109 Å². The Bertz CT molecular complexity index is 392. The highest BCUT2D eigenvalue weighted by molar-refractivity contribution is 5.36. The van der Waals surface area contributed by atoms with E-state index in [-0.39, 0.29) is 0 Å². The molecule has 1 heterocycles. The number of hydrogen-bond donors (Lipinski definition) is 1. The summed E-state index contributed by atoms with van der Waals surface area (Å²) in [5.74, 6) is 0.981. The standard InChI is InChI=1S/C15H22N2O/c1-3-4-10-17-11-9-16-12-14(17)13-7-5-6-8-15(13)18-2/h3,5-8,14,16H,1,4,9-12H2,2H3. The highest BCUT2D eigenvalue weighted by Crippen LogP contribution is 2.30. The smallest absolute Gasteiger partial charge is 0.123 e. The van der Waals surface area contributed by atoms with Crippen LogP contribution < -0.4 is 10.1 Å². The lowest BCUT2D eigenvalue weighted by Crippen LogP contribution is -2.46. The first kappa shape index (κ1) is 13.1. The van der Waals surface area contributed by atoms with Crippen molar-refractivity contribution in [3.8, 4) is 5.75 Å². The molecule has 1 aromatic carbocycles. The van der Waals surface area contributed by atoms with Gasteiger partial charge in [-0.15, -0.1) is 6.58 Å². The van der Waals surface area contributed by atoms with E-state index in [1.165, 1.54) is 5.56 Å². The first-order chi connectivity index (χ1) is 8.86. The van der Waals surface area contributed by atoms with E-state index < -0.39 is 0 Å². The molecule has 1 saturated heterocycles. The van der Waals surface area contributed by atoms with Crippen LogP contribution in [0.1, 0.15) is 18.0 Å². The second-order valence-corrected chi connectivity index (χ2v) is 4.58. The summed E-state index contributed by atoms with van der Waals surface area (Å²) in [7, 11) is 1.74. The van der Waals surface area contributed by atoms with Crippen LogP contribution in [0.2, 0.25) is 0 Å². The molecule has 1 aliphatic heterocycles. The zero-order valence-electron chi connectivity index (χ0n) is 11.1. The van der Waals surface area contributed by atoms with Gasteiger partial charge in [0.15, 0.2) is 0 Å². The number of benzene rings is 1. The zero-order valence-corrected chi connectivity index (χ0v) is 11.1. The normalized spacial score (nSPS) is 20.6. The van der Waals surface area contributed by atoms with Crippen LogP contribution in [0.25, 0.3) is 0 Å². The van der Waals surface area contributed by atoms with Crippen LogP contribution in [0.5, 0.6) is 5.75 Å². The summed E-state index contributed by atoms with van der Waals surface area (Å²) in [6.45, 7) is 7.99. The second kappa shape index (κ2) is 6.57. The molecule has 1 aliphatic rings. The maximum atomic E-state index is 5.48. The lowest BCUT2D eigenvalue weighted by Gasteiger charge is -2.36. The second-order valence-electron chi connectivity index (χ2n) is 4.58. The molecule has 0 amide bonds. The van der Waals surface area contributed by atoms with Crippen molar-refractivity contribution in [3.05, 3.63) is 42.5 Å². The highest BCUT2D eigenvalue weighted by atomic mass is 16.5. The van der Waals surface area contributed by atoms with Gasteiger partial charge in [-0.1, -0.05) is 24.3 Å². The Kier molecular flexibility index (Phi) is 4.79. The van der Waals surface area contributed by atoms with Crippen molar-refractivity contribution in [3.63, 3.8) is 0 Å². The van der Waals surface area contributed by atoms with Gasteiger partial charge in [0.25, 0.3) is 0 Å². The molecule has 0 aliphatic carbocycles. The molecule has 1 aromatic rings. The first-order valence-corrected chi connectivity index (χ1v) is 6.55. The van der Waals surface area contributed by atoms with Crippen LogP contribution in [0, 0.1) is 0 Å². The maximum Gasteiger partial charge on any atom is 0.123 e. The molecule has 0 aromatic heterocycles. The van der Waals surface area contributed by atoms with E-state index in [1.54, 1.807) is 7.11 Å². The molecule has 3 nitrogen and oxygen atoms in total. The number of nitrogens with one attached hydrogen (secondary N) is 1. The fraction of sp³-hybridized carbons (Fsp3) is 0.467. The maximum absolute atomic E-state index is 5.48. The molecule has 0 saturated carbocycles. The van der Waals surface area contributed by atoms with Crippen molar-refractivity contribution in [1.82, 2.24) is 10.2 Å². The Morgan fingerprint density at radius 1 is 1.50 bits per heavy atom. The largest absolute Gasteiger partial charge is 0.496 e. The van der Waals surface area contributed by atoms with Gasteiger partial charge < -0.3 is 10.1 Å². The van der Waals surface area contributed by atoms with E-state index in [1.807, 2.05) is 18.2 Å². The lowest BCUT2D eigenvalue weighted by molar-refractivity contribution is 0.162. The van der Waals surface area contributed by atoms with Crippen LogP contribution in [0.15, 0.2) is 36.9 Å². The molecule has 0 spiro atoms. The number of para-hydroxylation sites is 1. The quantitative estimate of drug-likeness (QED) is 0.806. The van der Waals surface area contributed by atoms with E-state index in [0.717, 1.165) is 38.3 Å². The van der Waals surface area contributed by atoms with Crippen molar-refractivity contribution in [2.24, 2.45) is 0 Å². The van der Waals surface area contributed by atoms with Gasteiger partial charge in [-0.2, -0.15) is 0 Å². The Morgan fingerprint density at radius 3 is 3.11 bits per heavy atom. The zero-order chi connectivity index (χ0) is 12.8. The summed E-state index contributed by atoms with van der Waals surface area (Å²) in [5.41, 5.74) is 1.27. The molecule has 3 heteroatoms. The van der Waals surface area contributed by atoms with Gasteiger partial charge in [0.1, 0.15) is 5.75 Å². The van der Waals surface area contributed by atoms with Crippen molar-refractivity contribution < 1.29 is 4.74 Å². The van der Waals surface area contributed by atoms with Gasteiger partial charge in [-0.05, 0) is 12.5 Å². The summed E-state index contributed by atoms with van der Waals surface area (Å²) < 4.78 is 5.48. The molecule has 1 N–H and O–H groups in total. The van der Waals surface area contributed by atoms with Crippen LogP contribution in [0.4, 0.5) is 0 Å². The first-order valence-electron chi connectivity index (χ1n) is 6.55. The SMILES string of the molecule is C=CCCN1CCNCC1c1ccccc1OC. The molecule has 98 valence electrons. The van der Waals surface area contributed by atoms with E-state index in [4.69, 9.17) is 4.74 Å². The minimum Gasteiger partial charge on any atom is -0.496 e. The predicted octanol–water partition coefficient (Wildman–Crippen LogP) is 2.22. The number of ether oxygens (including phenoxy) is 1. The number of piperazine rings is 1. The van der Waals surface area contributed by atoms with Crippen molar-refractivity contribution in [1.29, 1.82) is 0 Å². The molecular weight excluding hydrogens is 224 g/mol. The van der Waals surface area contributed by atoms with E-state index in [0.29, 0.717) is 6.04 Å². The number of nitrogens with zero attached hydrogens (tertiary/aromatic N) is 1. The Morgan fingerprint density at radius 2 is 2.33 bits per heavy atom. The number of hydrogen-bond acceptors (Lipinski definition) is 3. The Hall–Kier alpha value is -1.32. The topological polar surface area (TPSA) is 24.5 Å². The van der Waals surface area contributed by atoms with Gasteiger partial charge in [0.2, 0.25) is 0 Å². The minimum absolute atomic E-state index is 0.398. The third-order valence-corrected chi connectivity index (χ3v) is 3.47. The van der Waals surface area contributed by atoms with Crippen molar-refractivity contribution >= 4 is 0 Å². The summed E-state index contributed by atoms with van der Waals surface area (Å²) >= 11 is 0. The predicted molar refractivity (Wildman–Crippen MR) is 75.0 cm³/mol. The summed E-state index contributed by atoms with van der Waals surface area (Å²) in [4.78, 5) is 2.51. The van der Waals surface area contributed by atoms with Crippen LogP contribution in [-0.2, 0) is 0 Å². The van der Waals surface area contributed by atoms with Crippen molar-refractivity contribution in [2.75, 3.05) is 33.3 Å². The molecule has 2 rings (SSSR count). The molecular formula is C15H22N2O. The lowest BCUT2D eigenvalue weighted by atomic mass is 10.0. The third-order valence-electron chi connectivity index (χ3n) is 3.47. The van der Waals surface area contributed by atoms with E-state index in [9.17, 15) is 0 Å². The van der Waals surface area contributed by atoms with E-state index >= 15 is 0 Å². The molecule has 0 bridgehead atoms. The molecule has 1 unspecified atom stereocenters. The van der Waals surface area contributed by atoms with Gasteiger partial charge >= 0.3 is 0 Å². The molecule has 0 radical (unpaired) electrons. The van der Waals surface area contributed by atoms with E-state index in [2.05, 4.69) is 28.9 Å². The molecule has 18 heavy (non-hydrogen) atoms. The average molecular weight is 246 g/mol.